The van der Waals surface area contributed by atoms with E-state index in [9.17, 15) is 4.79 Å². The zero-order valence-corrected chi connectivity index (χ0v) is 10.6. The van der Waals surface area contributed by atoms with Gasteiger partial charge in [-0.3, -0.25) is 0 Å². The lowest BCUT2D eigenvalue weighted by atomic mass is 10.5. The van der Waals surface area contributed by atoms with Crippen molar-refractivity contribution >= 4 is 21.9 Å². The Morgan fingerprint density at radius 1 is 1.47 bits per heavy atom. The fourth-order valence-electron chi connectivity index (χ4n) is 0.649. The highest BCUT2D eigenvalue weighted by Crippen LogP contribution is 2.12. The monoisotopic (exact) mass is 275 g/mol. The maximum absolute atomic E-state index is 10.7. The van der Waals surface area contributed by atoms with Gasteiger partial charge in [0.05, 0.1) is 13.3 Å². The number of halogens is 1. The molecule has 0 atom stereocenters. The molecule has 1 aromatic heterocycles. The van der Waals surface area contributed by atoms with Crippen molar-refractivity contribution in [3.8, 4) is 5.75 Å². The van der Waals surface area contributed by atoms with E-state index in [0.29, 0.717) is 5.75 Å². The second kappa shape index (κ2) is 8.23. The number of ether oxygens (including phenoxy) is 2. The van der Waals surface area contributed by atoms with Crippen molar-refractivity contribution in [1.29, 1.82) is 0 Å². The number of pyridine rings is 1. The first-order valence-electron chi connectivity index (χ1n) is 4.53. The molecule has 0 bridgehead atoms. The summed E-state index contributed by atoms with van der Waals surface area (Å²) in [5.41, 5.74) is 0. The van der Waals surface area contributed by atoms with Crippen LogP contribution in [0, 0.1) is 0 Å². The number of methoxy groups -OCH3 is 1. The Labute approximate surface area is 97.7 Å². The second-order valence-electron chi connectivity index (χ2n) is 2.18. The van der Waals surface area contributed by atoms with Crippen LogP contribution in [0.4, 0.5) is 0 Å². The fraction of sp³-hybridized carbons (Fsp3) is 0.400. The Bertz CT molecular complexity index is 287. The van der Waals surface area contributed by atoms with E-state index in [4.69, 9.17) is 4.74 Å². The summed E-state index contributed by atoms with van der Waals surface area (Å²) in [5.74, 6) is 0.122. The normalized spacial score (nSPS) is 8.53. The lowest BCUT2D eigenvalue weighted by molar-refractivity contribution is -0.142. The topological polar surface area (TPSA) is 48.4 Å². The average Bonchev–Trinajstić information content (AvgIpc) is 2.30. The number of rotatable bonds is 3. The molecule has 84 valence electrons. The SMILES string of the molecule is CC.COC(=O)COc1ccc(Br)nc1. The van der Waals surface area contributed by atoms with E-state index < -0.39 is 5.97 Å². The average molecular weight is 276 g/mol. The predicted octanol–water partition coefficient (Wildman–Crippen LogP) is 2.42. The van der Waals surface area contributed by atoms with Gasteiger partial charge in [-0.15, -0.1) is 0 Å². The number of carbonyl (C=O) groups excluding carboxylic acids is 1. The smallest absolute Gasteiger partial charge is 0.343 e. The molecule has 15 heavy (non-hydrogen) atoms. The number of hydrogen-bond acceptors (Lipinski definition) is 4. The number of esters is 1. The third-order valence-electron chi connectivity index (χ3n) is 1.28. The predicted molar refractivity (Wildman–Crippen MR) is 60.8 cm³/mol. The largest absolute Gasteiger partial charge is 0.480 e. The van der Waals surface area contributed by atoms with Crippen molar-refractivity contribution in [1.82, 2.24) is 4.98 Å². The van der Waals surface area contributed by atoms with E-state index in [0.717, 1.165) is 4.60 Å². The van der Waals surface area contributed by atoms with E-state index in [1.165, 1.54) is 13.3 Å². The van der Waals surface area contributed by atoms with Crippen molar-refractivity contribution in [3.05, 3.63) is 22.9 Å². The molecule has 0 spiro atoms. The summed E-state index contributed by atoms with van der Waals surface area (Å²) in [5, 5.41) is 0. The Hall–Kier alpha value is -1.10. The molecule has 1 heterocycles. The maximum Gasteiger partial charge on any atom is 0.343 e. The molecule has 1 rings (SSSR count). The van der Waals surface area contributed by atoms with Gasteiger partial charge in [0, 0.05) is 0 Å². The Morgan fingerprint density at radius 3 is 2.60 bits per heavy atom. The zero-order valence-electron chi connectivity index (χ0n) is 8.99. The van der Waals surface area contributed by atoms with Crippen LogP contribution in [0.2, 0.25) is 0 Å². The Kier molecular flexibility index (Phi) is 7.62. The van der Waals surface area contributed by atoms with Gasteiger partial charge in [0.25, 0.3) is 0 Å². The van der Waals surface area contributed by atoms with Crippen LogP contribution in [-0.4, -0.2) is 24.7 Å². The summed E-state index contributed by atoms with van der Waals surface area (Å²) in [4.78, 5) is 14.6. The lowest BCUT2D eigenvalue weighted by Crippen LogP contribution is -2.12. The van der Waals surface area contributed by atoms with Crippen molar-refractivity contribution in [2.24, 2.45) is 0 Å². The molecular weight excluding hydrogens is 262 g/mol. The maximum atomic E-state index is 10.7. The highest BCUT2D eigenvalue weighted by atomic mass is 79.9. The molecule has 0 aliphatic heterocycles. The summed E-state index contributed by atoms with van der Waals surface area (Å²) in [6.45, 7) is 3.90. The molecule has 0 aliphatic rings. The molecule has 0 aliphatic carbocycles. The number of nitrogens with zero attached hydrogens (tertiary/aromatic N) is 1. The van der Waals surface area contributed by atoms with Gasteiger partial charge in [-0.05, 0) is 28.1 Å². The Morgan fingerprint density at radius 2 is 2.13 bits per heavy atom. The summed E-state index contributed by atoms with van der Waals surface area (Å²) in [6.07, 6.45) is 1.52. The van der Waals surface area contributed by atoms with E-state index in [1.807, 2.05) is 13.8 Å². The minimum Gasteiger partial charge on any atom is -0.480 e. The van der Waals surface area contributed by atoms with Gasteiger partial charge in [0.1, 0.15) is 10.4 Å². The summed E-state index contributed by atoms with van der Waals surface area (Å²) < 4.78 is 10.2. The van der Waals surface area contributed by atoms with Gasteiger partial charge in [0.15, 0.2) is 6.61 Å². The van der Waals surface area contributed by atoms with Gasteiger partial charge in [0.2, 0.25) is 0 Å². The van der Waals surface area contributed by atoms with Crippen molar-refractivity contribution in [3.63, 3.8) is 0 Å². The van der Waals surface area contributed by atoms with Crippen LogP contribution < -0.4 is 4.74 Å². The summed E-state index contributed by atoms with van der Waals surface area (Å²) in [6, 6.07) is 3.44. The number of carbonyl (C=O) groups is 1. The molecule has 0 saturated heterocycles. The van der Waals surface area contributed by atoms with Gasteiger partial charge < -0.3 is 9.47 Å². The van der Waals surface area contributed by atoms with E-state index in [1.54, 1.807) is 12.1 Å². The molecule has 1 aromatic rings. The minimum atomic E-state index is -0.414. The molecule has 0 aromatic carbocycles. The number of aromatic nitrogens is 1. The van der Waals surface area contributed by atoms with E-state index in [2.05, 4.69) is 25.7 Å². The van der Waals surface area contributed by atoms with Gasteiger partial charge >= 0.3 is 5.97 Å². The van der Waals surface area contributed by atoms with Crippen molar-refractivity contribution in [2.75, 3.05) is 13.7 Å². The van der Waals surface area contributed by atoms with Crippen LogP contribution >= 0.6 is 15.9 Å². The molecule has 5 heteroatoms. The first-order valence-corrected chi connectivity index (χ1v) is 5.33. The van der Waals surface area contributed by atoms with E-state index >= 15 is 0 Å². The molecule has 0 amide bonds. The third kappa shape index (κ3) is 6.06. The third-order valence-corrected chi connectivity index (χ3v) is 1.75. The van der Waals surface area contributed by atoms with Crippen molar-refractivity contribution in [2.45, 2.75) is 13.8 Å². The summed E-state index contributed by atoms with van der Waals surface area (Å²) >= 11 is 3.18. The first-order chi connectivity index (χ1) is 7.22. The van der Waals surface area contributed by atoms with Crippen LogP contribution in [0.1, 0.15) is 13.8 Å². The molecule has 0 unspecified atom stereocenters. The molecular formula is C10H14BrNO3. The van der Waals surface area contributed by atoms with Crippen LogP contribution in [0.15, 0.2) is 22.9 Å². The minimum absolute atomic E-state index is 0.0974. The summed E-state index contributed by atoms with van der Waals surface area (Å²) in [7, 11) is 1.31. The molecule has 0 radical (unpaired) electrons. The molecule has 0 N–H and O–H groups in total. The lowest BCUT2D eigenvalue weighted by Gasteiger charge is -2.03. The number of hydrogen-bond donors (Lipinski definition) is 0. The quantitative estimate of drug-likeness (QED) is 0.628. The molecule has 0 fully saturated rings. The van der Waals surface area contributed by atoms with E-state index in [-0.39, 0.29) is 6.61 Å². The fourth-order valence-corrected chi connectivity index (χ4v) is 0.883. The van der Waals surface area contributed by atoms with Gasteiger partial charge in [-0.25, -0.2) is 9.78 Å². The standard InChI is InChI=1S/C8H8BrNO3.C2H6/c1-12-8(11)5-13-6-2-3-7(9)10-4-6;1-2/h2-4H,5H2,1H3;1-2H3. The zero-order chi connectivity index (χ0) is 11.7. The Balaban J connectivity index is 0.000000921. The van der Waals surface area contributed by atoms with Crippen LogP contribution in [0.3, 0.4) is 0 Å². The van der Waals surface area contributed by atoms with Gasteiger partial charge in [-0.2, -0.15) is 0 Å². The highest BCUT2D eigenvalue weighted by molar-refractivity contribution is 9.10. The first kappa shape index (κ1) is 13.9. The molecule has 0 saturated carbocycles. The van der Waals surface area contributed by atoms with Crippen LogP contribution in [0.25, 0.3) is 0 Å². The van der Waals surface area contributed by atoms with Gasteiger partial charge in [-0.1, -0.05) is 13.8 Å². The van der Waals surface area contributed by atoms with Crippen LogP contribution in [-0.2, 0) is 9.53 Å². The molecule has 4 nitrogen and oxygen atoms in total. The second-order valence-corrected chi connectivity index (χ2v) is 2.99. The van der Waals surface area contributed by atoms with Crippen LogP contribution in [0.5, 0.6) is 5.75 Å². The van der Waals surface area contributed by atoms with Crippen molar-refractivity contribution < 1.29 is 14.3 Å². The highest BCUT2D eigenvalue weighted by Gasteiger charge is 2.01.